The Morgan fingerprint density at radius 2 is 1.63 bits per heavy atom. The van der Waals surface area contributed by atoms with Crippen molar-refractivity contribution in [2.45, 2.75) is 32.1 Å². The zero-order valence-electron chi connectivity index (χ0n) is 15.5. The standard InChI is InChI=1S/C21H25N3O2S/c25-20(17-6-4-16(5-7-17)19-22-10-15-27-19)24-13-8-18(9-14-24)21(26)23-11-2-1-3-12-23/h4-7,10,15,18H,1-3,8-9,11-14H2. The number of hydrogen-bond acceptors (Lipinski definition) is 4. The molecule has 0 bridgehead atoms. The summed E-state index contributed by atoms with van der Waals surface area (Å²) in [4.78, 5) is 33.7. The lowest BCUT2D eigenvalue weighted by atomic mass is 9.94. The Hall–Kier alpha value is -2.21. The highest BCUT2D eigenvalue weighted by molar-refractivity contribution is 7.13. The Morgan fingerprint density at radius 3 is 2.26 bits per heavy atom. The van der Waals surface area contributed by atoms with Crippen molar-refractivity contribution in [3.63, 3.8) is 0 Å². The lowest BCUT2D eigenvalue weighted by Crippen LogP contribution is -2.45. The maximum atomic E-state index is 12.8. The minimum absolute atomic E-state index is 0.0598. The molecule has 2 aliphatic heterocycles. The average Bonchev–Trinajstić information content (AvgIpc) is 3.28. The number of carbonyl (C=O) groups is 2. The van der Waals surface area contributed by atoms with Gasteiger partial charge in [0.2, 0.25) is 5.91 Å². The summed E-state index contributed by atoms with van der Waals surface area (Å²) < 4.78 is 0. The van der Waals surface area contributed by atoms with Gasteiger partial charge in [-0.15, -0.1) is 11.3 Å². The second-order valence-corrected chi connectivity index (χ2v) is 8.26. The van der Waals surface area contributed by atoms with E-state index < -0.39 is 0 Å². The third-order valence-corrected chi connectivity index (χ3v) is 6.43. The van der Waals surface area contributed by atoms with E-state index in [1.54, 1.807) is 17.5 Å². The summed E-state index contributed by atoms with van der Waals surface area (Å²) in [6.07, 6.45) is 6.82. The first-order valence-electron chi connectivity index (χ1n) is 9.80. The Kier molecular flexibility index (Phi) is 5.53. The molecule has 0 saturated carbocycles. The topological polar surface area (TPSA) is 53.5 Å². The molecule has 0 radical (unpaired) electrons. The van der Waals surface area contributed by atoms with Crippen molar-refractivity contribution in [3.8, 4) is 10.6 Å². The van der Waals surface area contributed by atoms with Gasteiger partial charge in [0.1, 0.15) is 5.01 Å². The highest BCUT2D eigenvalue weighted by Gasteiger charge is 2.31. The minimum atomic E-state index is 0.0598. The van der Waals surface area contributed by atoms with Crippen LogP contribution < -0.4 is 0 Å². The predicted molar refractivity (Wildman–Crippen MR) is 107 cm³/mol. The fraction of sp³-hybridized carbons (Fsp3) is 0.476. The summed E-state index contributed by atoms with van der Waals surface area (Å²) in [5.41, 5.74) is 1.74. The van der Waals surface area contributed by atoms with Crippen LogP contribution in [0.1, 0.15) is 42.5 Å². The number of aromatic nitrogens is 1. The van der Waals surface area contributed by atoms with E-state index in [1.165, 1.54) is 6.42 Å². The molecule has 1 aromatic heterocycles. The molecular weight excluding hydrogens is 358 g/mol. The molecule has 5 nitrogen and oxygen atoms in total. The van der Waals surface area contributed by atoms with Crippen molar-refractivity contribution >= 4 is 23.2 Å². The third kappa shape index (κ3) is 4.05. The summed E-state index contributed by atoms with van der Waals surface area (Å²) in [7, 11) is 0. The first kappa shape index (κ1) is 18.2. The maximum Gasteiger partial charge on any atom is 0.253 e. The van der Waals surface area contributed by atoms with Gasteiger partial charge in [-0.25, -0.2) is 4.98 Å². The van der Waals surface area contributed by atoms with E-state index in [4.69, 9.17) is 0 Å². The van der Waals surface area contributed by atoms with Crippen LogP contribution in [-0.2, 0) is 4.79 Å². The zero-order valence-corrected chi connectivity index (χ0v) is 16.3. The number of hydrogen-bond donors (Lipinski definition) is 0. The second kappa shape index (κ2) is 8.21. The Balaban J connectivity index is 1.33. The van der Waals surface area contributed by atoms with Gasteiger partial charge < -0.3 is 9.80 Å². The quantitative estimate of drug-likeness (QED) is 0.812. The van der Waals surface area contributed by atoms with E-state index in [1.807, 2.05) is 39.4 Å². The summed E-state index contributed by atoms with van der Waals surface area (Å²) in [6, 6.07) is 7.67. The fourth-order valence-corrected chi connectivity index (χ4v) is 4.65. The SMILES string of the molecule is O=C(c1ccc(-c2nccs2)cc1)N1CCC(C(=O)N2CCCCC2)CC1. The molecule has 0 aliphatic carbocycles. The second-order valence-electron chi connectivity index (χ2n) is 7.37. The molecule has 1 aromatic carbocycles. The molecule has 2 fully saturated rings. The van der Waals surface area contributed by atoms with Crippen molar-refractivity contribution in [2.24, 2.45) is 5.92 Å². The molecule has 0 unspecified atom stereocenters. The molecule has 2 amide bonds. The molecule has 142 valence electrons. The molecule has 0 N–H and O–H groups in total. The summed E-state index contributed by atoms with van der Waals surface area (Å²) >= 11 is 1.59. The van der Waals surface area contributed by atoms with Gasteiger partial charge in [-0.05, 0) is 44.2 Å². The fourth-order valence-electron chi connectivity index (χ4n) is 4.01. The first-order chi connectivity index (χ1) is 13.2. The van der Waals surface area contributed by atoms with Gasteiger partial charge in [-0.3, -0.25) is 9.59 Å². The van der Waals surface area contributed by atoms with Crippen LogP contribution >= 0.6 is 11.3 Å². The van der Waals surface area contributed by atoms with Crippen LogP contribution in [-0.4, -0.2) is 52.8 Å². The van der Waals surface area contributed by atoms with Crippen molar-refractivity contribution in [2.75, 3.05) is 26.2 Å². The van der Waals surface area contributed by atoms with E-state index in [9.17, 15) is 9.59 Å². The summed E-state index contributed by atoms with van der Waals surface area (Å²) in [6.45, 7) is 3.14. The number of piperidine rings is 2. The van der Waals surface area contributed by atoms with Crippen molar-refractivity contribution < 1.29 is 9.59 Å². The van der Waals surface area contributed by atoms with Gasteiger partial charge in [0.25, 0.3) is 5.91 Å². The van der Waals surface area contributed by atoms with E-state index in [2.05, 4.69) is 4.98 Å². The van der Waals surface area contributed by atoms with Crippen molar-refractivity contribution in [3.05, 3.63) is 41.4 Å². The zero-order chi connectivity index (χ0) is 18.6. The molecule has 3 heterocycles. The lowest BCUT2D eigenvalue weighted by molar-refractivity contribution is -0.137. The van der Waals surface area contributed by atoms with Gasteiger partial charge >= 0.3 is 0 Å². The molecule has 0 atom stereocenters. The van der Waals surface area contributed by atoms with Gasteiger partial charge in [0, 0.05) is 54.8 Å². The molecule has 2 saturated heterocycles. The van der Waals surface area contributed by atoms with Crippen LogP contribution in [0.2, 0.25) is 0 Å². The number of benzene rings is 1. The number of rotatable bonds is 3. The first-order valence-corrected chi connectivity index (χ1v) is 10.7. The van der Waals surface area contributed by atoms with Crippen LogP contribution in [0.4, 0.5) is 0 Å². The van der Waals surface area contributed by atoms with E-state index in [0.717, 1.165) is 49.3 Å². The van der Waals surface area contributed by atoms with Gasteiger partial charge in [-0.2, -0.15) is 0 Å². The van der Waals surface area contributed by atoms with E-state index >= 15 is 0 Å². The molecule has 6 heteroatoms. The highest BCUT2D eigenvalue weighted by Crippen LogP contribution is 2.25. The largest absolute Gasteiger partial charge is 0.342 e. The van der Waals surface area contributed by atoms with E-state index in [-0.39, 0.29) is 11.8 Å². The molecule has 2 aromatic rings. The number of thiazole rings is 1. The summed E-state index contributed by atoms with van der Waals surface area (Å²) in [5, 5.41) is 2.91. The molecule has 0 spiro atoms. The van der Waals surface area contributed by atoms with Crippen molar-refractivity contribution in [1.29, 1.82) is 0 Å². The number of amides is 2. The smallest absolute Gasteiger partial charge is 0.253 e. The third-order valence-electron chi connectivity index (χ3n) is 5.61. The number of nitrogens with zero attached hydrogens (tertiary/aromatic N) is 3. The average molecular weight is 384 g/mol. The Morgan fingerprint density at radius 1 is 0.926 bits per heavy atom. The lowest BCUT2D eigenvalue weighted by Gasteiger charge is -2.35. The summed E-state index contributed by atoms with van der Waals surface area (Å²) in [5.74, 6) is 0.443. The van der Waals surface area contributed by atoms with Gasteiger partial charge in [0.15, 0.2) is 0 Å². The van der Waals surface area contributed by atoms with Crippen LogP contribution in [0.25, 0.3) is 10.6 Å². The number of carbonyl (C=O) groups excluding carboxylic acids is 2. The highest BCUT2D eigenvalue weighted by atomic mass is 32.1. The Labute approximate surface area is 164 Å². The molecule has 27 heavy (non-hydrogen) atoms. The normalized spacial score (nSPS) is 18.5. The van der Waals surface area contributed by atoms with Crippen LogP contribution in [0.3, 0.4) is 0 Å². The minimum Gasteiger partial charge on any atom is -0.342 e. The Bertz CT molecular complexity index is 774. The van der Waals surface area contributed by atoms with Gasteiger partial charge in [-0.1, -0.05) is 12.1 Å². The predicted octanol–water partition coefficient (Wildman–Crippen LogP) is 3.67. The molecular formula is C21H25N3O2S. The number of likely N-dealkylation sites (tertiary alicyclic amines) is 2. The van der Waals surface area contributed by atoms with Crippen LogP contribution in [0.5, 0.6) is 0 Å². The maximum absolute atomic E-state index is 12.8. The monoisotopic (exact) mass is 383 g/mol. The van der Waals surface area contributed by atoms with Crippen LogP contribution in [0, 0.1) is 5.92 Å². The van der Waals surface area contributed by atoms with Gasteiger partial charge in [0.05, 0.1) is 0 Å². The molecule has 4 rings (SSSR count). The van der Waals surface area contributed by atoms with Crippen molar-refractivity contribution in [1.82, 2.24) is 14.8 Å². The van der Waals surface area contributed by atoms with Crippen LogP contribution in [0.15, 0.2) is 35.8 Å². The molecule has 2 aliphatic rings. The van der Waals surface area contributed by atoms with E-state index in [0.29, 0.717) is 24.6 Å².